The van der Waals surface area contributed by atoms with E-state index in [1.807, 2.05) is 65.2 Å². The summed E-state index contributed by atoms with van der Waals surface area (Å²) in [5.41, 5.74) is 4.97. The maximum atomic E-state index is 14.3. The third-order valence-corrected chi connectivity index (χ3v) is 11.9. The number of likely N-dealkylation sites (tertiary alicyclic amines) is 1. The van der Waals surface area contributed by atoms with Crippen LogP contribution in [-0.2, 0) is 26.3 Å². The average Bonchev–Trinajstić information content (AvgIpc) is 3.87. The molecular weight excluding hydrogens is 735 g/mol. The number of benzene rings is 2. The highest BCUT2D eigenvalue weighted by molar-refractivity contribution is 5.90. The highest BCUT2D eigenvalue weighted by Crippen LogP contribution is 2.40. The summed E-state index contributed by atoms with van der Waals surface area (Å²) < 4.78 is 16.0. The number of aromatic nitrogens is 5. The minimum absolute atomic E-state index is 0.243. The number of hydrogen-bond acceptors (Lipinski definition) is 10. The number of nitrogens with zero attached hydrogens (tertiary/aromatic N) is 8. The molecule has 1 N–H and O–H groups in total. The van der Waals surface area contributed by atoms with Crippen LogP contribution in [0.1, 0.15) is 107 Å². The van der Waals surface area contributed by atoms with Crippen LogP contribution >= 0.6 is 0 Å². The van der Waals surface area contributed by atoms with E-state index in [1.54, 1.807) is 11.8 Å². The minimum Gasteiger partial charge on any atom is -0.484 e. The molecule has 3 aromatic heterocycles. The van der Waals surface area contributed by atoms with Crippen LogP contribution in [0.3, 0.4) is 0 Å². The van der Waals surface area contributed by atoms with E-state index in [0.717, 1.165) is 96.6 Å². The van der Waals surface area contributed by atoms with Gasteiger partial charge in [-0.25, -0.2) is 9.48 Å². The number of nitrogens with one attached hydrogen (secondary N) is 1. The topological polar surface area (TPSA) is 132 Å². The monoisotopic (exact) mass is 789 g/mol. The van der Waals surface area contributed by atoms with Gasteiger partial charge in [0.2, 0.25) is 5.95 Å². The number of hydroxylamine groups is 1. The van der Waals surface area contributed by atoms with E-state index >= 15 is 0 Å². The number of ether oxygens (including phenoxy) is 2. The molecule has 14 nitrogen and oxygen atoms in total. The van der Waals surface area contributed by atoms with Crippen molar-refractivity contribution in [2.75, 3.05) is 36.7 Å². The number of carbonyl (C=O) groups is 2. The fourth-order valence-corrected chi connectivity index (χ4v) is 8.58. The number of carbonyl (C=O) groups excluding carboxylic acids is 2. The lowest BCUT2D eigenvalue weighted by Crippen LogP contribution is -2.43. The number of methoxy groups -OCH3 is 1. The van der Waals surface area contributed by atoms with Gasteiger partial charge in [-0.1, -0.05) is 57.2 Å². The number of hydrogen-bond donors (Lipinski definition) is 1. The molecule has 2 aromatic carbocycles. The number of rotatable bonds is 11. The van der Waals surface area contributed by atoms with E-state index in [9.17, 15) is 9.59 Å². The summed E-state index contributed by atoms with van der Waals surface area (Å²) in [5.74, 6) is 1.87. The number of fused-ring (bicyclic) bond motifs is 2. The molecule has 0 saturated carbocycles. The standard InChI is InChI=1S/C44H55N9O5/c1-30-11-8-9-22-50(30)42-47-46-40-19-16-34(28-51(40)42)58-38-18-17-37(35-14-6-7-15-36(35)38)45-43(55)53(57-29-54)41-26-39(44(2,3)4)48-52(41)32-13-10-12-31(25-32)27-49-23-20-33(56-5)21-24-49/h6-7,10,12-16,19,25-26,28-30,33,37-38H,8-9,11,17-18,20-24,27H2,1-5H3,(H,45,55)/t30-,37-,38+/m0/s1. The molecule has 0 radical (unpaired) electrons. The molecule has 58 heavy (non-hydrogen) atoms. The zero-order valence-electron chi connectivity index (χ0n) is 34.2. The van der Waals surface area contributed by atoms with Crippen LogP contribution < -0.4 is 20.0 Å². The SMILES string of the molecule is COC1CCN(Cc2cccc(-n3nc(C(C)(C)C)cc3N(OC=O)C(=O)N[C@H]3CC[C@@H](Oc4ccc5nnc(N6CCCC[C@@H]6C)n5c4)c4ccccc43)c2)CC1. The Morgan fingerprint density at radius 1 is 0.931 bits per heavy atom. The van der Waals surface area contributed by atoms with Crippen molar-refractivity contribution in [2.24, 2.45) is 0 Å². The summed E-state index contributed by atoms with van der Waals surface area (Å²) >= 11 is 0. The molecule has 0 bridgehead atoms. The Bertz CT molecular complexity index is 2220. The highest BCUT2D eigenvalue weighted by Gasteiger charge is 2.34. The Hall–Kier alpha value is -5.47. The van der Waals surface area contributed by atoms with Crippen molar-refractivity contribution < 1.29 is 23.9 Å². The van der Waals surface area contributed by atoms with Gasteiger partial charge >= 0.3 is 12.5 Å². The molecular formula is C44H55N9O5. The van der Waals surface area contributed by atoms with Gasteiger partial charge in [-0.05, 0) is 92.8 Å². The average molecular weight is 790 g/mol. The Morgan fingerprint density at radius 2 is 1.74 bits per heavy atom. The Morgan fingerprint density at radius 3 is 2.50 bits per heavy atom. The third kappa shape index (κ3) is 8.26. The second kappa shape index (κ2) is 16.8. The summed E-state index contributed by atoms with van der Waals surface area (Å²) in [5, 5.41) is 18.1. The number of pyridine rings is 1. The van der Waals surface area contributed by atoms with Crippen molar-refractivity contribution in [3.05, 3.63) is 95.3 Å². The Balaban J connectivity index is 1.02. The molecule has 8 rings (SSSR count). The van der Waals surface area contributed by atoms with E-state index in [-0.39, 0.29) is 24.0 Å². The maximum absolute atomic E-state index is 14.3. The molecule has 2 aliphatic heterocycles. The first-order valence-corrected chi connectivity index (χ1v) is 20.6. The molecule has 0 spiro atoms. The normalized spacial score (nSPS) is 20.4. The summed E-state index contributed by atoms with van der Waals surface area (Å²) in [6.07, 6.45) is 8.78. The number of anilines is 2. The van der Waals surface area contributed by atoms with E-state index in [4.69, 9.17) is 19.4 Å². The largest absolute Gasteiger partial charge is 0.484 e. The second-order valence-corrected chi connectivity index (χ2v) is 16.9. The smallest absolute Gasteiger partial charge is 0.357 e. The number of urea groups is 1. The Labute approximate surface area is 340 Å². The molecule has 306 valence electrons. The van der Waals surface area contributed by atoms with Crippen LogP contribution in [-0.4, -0.2) is 80.7 Å². The van der Waals surface area contributed by atoms with Crippen molar-refractivity contribution in [1.29, 1.82) is 0 Å². The van der Waals surface area contributed by atoms with E-state index < -0.39 is 6.03 Å². The summed E-state index contributed by atoms with van der Waals surface area (Å²) in [7, 11) is 1.78. The molecule has 5 aromatic rings. The van der Waals surface area contributed by atoms with Crippen LogP contribution in [0.15, 0.2) is 72.9 Å². The molecule has 5 heterocycles. The Kier molecular flexibility index (Phi) is 11.4. The zero-order chi connectivity index (χ0) is 40.4. The second-order valence-electron chi connectivity index (χ2n) is 16.9. The molecule has 2 fully saturated rings. The van der Waals surface area contributed by atoms with Crippen molar-refractivity contribution >= 4 is 29.9 Å². The van der Waals surface area contributed by atoms with Crippen LogP contribution in [0.2, 0.25) is 0 Å². The molecule has 2 saturated heterocycles. The van der Waals surface area contributed by atoms with Gasteiger partial charge in [-0.15, -0.1) is 15.3 Å². The van der Waals surface area contributed by atoms with Crippen molar-refractivity contribution in [1.82, 2.24) is 34.6 Å². The van der Waals surface area contributed by atoms with Gasteiger partial charge in [-0.3, -0.25) is 14.1 Å². The molecule has 14 heteroatoms. The summed E-state index contributed by atoms with van der Waals surface area (Å²) in [6, 6.07) is 21.3. The first-order valence-electron chi connectivity index (χ1n) is 20.6. The van der Waals surface area contributed by atoms with Crippen molar-refractivity contribution in [3.63, 3.8) is 0 Å². The predicted octanol–water partition coefficient (Wildman–Crippen LogP) is 7.46. The molecule has 2 amide bonds. The lowest BCUT2D eigenvalue weighted by Gasteiger charge is -2.34. The van der Waals surface area contributed by atoms with Gasteiger partial charge in [0.25, 0.3) is 0 Å². The van der Waals surface area contributed by atoms with Gasteiger partial charge < -0.3 is 24.5 Å². The van der Waals surface area contributed by atoms with Crippen LogP contribution in [0.4, 0.5) is 16.6 Å². The fraction of sp³-hybridized carbons (Fsp3) is 0.477. The molecule has 0 unspecified atom stereocenters. The molecule has 3 atom stereocenters. The lowest BCUT2D eigenvalue weighted by molar-refractivity contribution is -0.129. The van der Waals surface area contributed by atoms with Gasteiger partial charge in [0.05, 0.1) is 29.7 Å². The van der Waals surface area contributed by atoms with E-state index in [1.165, 1.54) is 6.42 Å². The predicted molar refractivity (Wildman–Crippen MR) is 221 cm³/mol. The lowest BCUT2D eigenvalue weighted by atomic mass is 9.85. The maximum Gasteiger partial charge on any atom is 0.357 e. The van der Waals surface area contributed by atoms with E-state index in [0.29, 0.717) is 36.6 Å². The first-order chi connectivity index (χ1) is 28.1. The molecule has 3 aliphatic rings. The van der Waals surface area contributed by atoms with Crippen LogP contribution in [0, 0.1) is 0 Å². The van der Waals surface area contributed by atoms with Crippen LogP contribution in [0.25, 0.3) is 11.3 Å². The molecule has 1 aliphatic carbocycles. The third-order valence-electron chi connectivity index (χ3n) is 11.9. The van der Waals surface area contributed by atoms with Crippen LogP contribution in [0.5, 0.6) is 5.75 Å². The highest BCUT2D eigenvalue weighted by atomic mass is 16.7. The van der Waals surface area contributed by atoms with Gasteiger partial charge in [0.1, 0.15) is 11.9 Å². The van der Waals surface area contributed by atoms with Gasteiger partial charge in [-0.2, -0.15) is 5.10 Å². The fourth-order valence-electron chi connectivity index (χ4n) is 8.58. The summed E-state index contributed by atoms with van der Waals surface area (Å²) in [6.45, 7) is 12.3. The number of amides is 2. The van der Waals surface area contributed by atoms with Crippen molar-refractivity contribution in [2.45, 2.75) is 109 Å². The van der Waals surface area contributed by atoms with Gasteiger partial charge in [0.15, 0.2) is 11.5 Å². The number of piperidine rings is 2. The quantitative estimate of drug-likeness (QED) is 0.106. The van der Waals surface area contributed by atoms with Gasteiger partial charge in [0, 0.05) is 50.8 Å². The summed E-state index contributed by atoms with van der Waals surface area (Å²) in [4.78, 5) is 36.6. The van der Waals surface area contributed by atoms with E-state index in [2.05, 4.69) is 65.1 Å². The zero-order valence-corrected chi connectivity index (χ0v) is 34.2. The first kappa shape index (κ1) is 39.4. The minimum atomic E-state index is -0.581. The van der Waals surface area contributed by atoms with Crippen molar-refractivity contribution in [3.8, 4) is 11.4 Å².